The highest BCUT2D eigenvalue weighted by Crippen LogP contribution is 2.42. The molecule has 1 aromatic heterocycles. The highest BCUT2D eigenvalue weighted by atomic mass is 32.1. The molecule has 0 N–H and O–H groups in total. The van der Waals surface area contributed by atoms with Gasteiger partial charge in [-0.1, -0.05) is 74.0 Å². The smallest absolute Gasteiger partial charge is 0.123 e. The lowest BCUT2D eigenvalue weighted by Crippen LogP contribution is -2.23. The van der Waals surface area contributed by atoms with Crippen molar-refractivity contribution in [3.63, 3.8) is 0 Å². The van der Waals surface area contributed by atoms with Gasteiger partial charge >= 0.3 is 0 Å². The summed E-state index contributed by atoms with van der Waals surface area (Å²) in [5.41, 5.74) is 5.20. The Balaban J connectivity index is 0.000000627. The van der Waals surface area contributed by atoms with Gasteiger partial charge in [0.05, 0.1) is 0 Å². The van der Waals surface area contributed by atoms with Crippen molar-refractivity contribution >= 4 is 11.3 Å². The lowest BCUT2D eigenvalue weighted by atomic mass is 9.75. The second-order valence-electron chi connectivity index (χ2n) is 7.19. The molecule has 3 rings (SSSR count). The molecule has 0 aliphatic rings. The van der Waals surface area contributed by atoms with Crippen LogP contribution in [0.4, 0.5) is 4.39 Å². The van der Waals surface area contributed by atoms with Gasteiger partial charge in [-0.2, -0.15) is 0 Å². The molecule has 0 aliphatic heterocycles. The van der Waals surface area contributed by atoms with Gasteiger partial charge in [-0.15, -0.1) is 17.9 Å². The average Bonchev–Trinajstić information content (AvgIpc) is 3.20. The van der Waals surface area contributed by atoms with E-state index in [-0.39, 0.29) is 11.2 Å². The summed E-state index contributed by atoms with van der Waals surface area (Å²) in [6, 6.07) is 19.3. The van der Waals surface area contributed by atoms with E-state index in [1.165, 1.54) is 22.1 Å². The number of benzene rings is 2. The van der Waals surface area contributed by atoms with Gasteiger partial charge < -0.3 is 0 Å². The zero-order valence-electron chi connectivity index (χ0n) is 18.6. The first-order chi connectivity index (χ1) is 13.7. The Morgan fingerprint density at radius 1 is 0.862 bits per heavy atom. The minimum atomic E-state index is -0.239. The van der Waals surface area contributed by atoms with Crippen molar-refractivity contribution in [2.75, 3.05) is 0 Å². The molecule has 0 saturated carbocycles. The number of hydrogen-bond acceptors (Lipinski definition) is 1. The van der Waals surface area contributed by atoms with Crippen LogP contribution in [0, 0.1) is 5.82 Å². The van der Waals surface area contributed by atoms with Gasteiger partial charge in [0.2, 0.25) is 0 Å². The topological polar surface area (TPSA) is 0 Å². The molecular formula is C27H33FS. The molecule has 1 unspecified atom stereocenters. The first kappa shape index (κ1) is 24.6. The van der Waals surface area contributed by atoms with Gasteiger partial charge in [0, 0.05) is 10.3 Å². The van der Waals surface area contributed by atoms with Gasteiger partial charge in [-0.25, -0.2) is 4.39 Å². The quantitative estimate of drug-likeness (QED) is 0.378. The summed E-state index contributed by atoms with van der Waals surface area (Å²) in [6.07, 6.45) is 0. The zero-order valence-corrected chi connectivity index (χ0v) is 19.4. The summed E-state index contributed by atoms with van der Waals surface area (Å²) in [4.78, 5) is 1.22. The molecule has 0 amide bonds. The third-order valence-electron chi connectivity index (χ3n) is 4.45. The first-order valence-corrected chi connectivity index (χ1v) is 10.8. The van der Waals surface area contributed by atoms with Crippen LogP contribution in [0.2, 0.25) is 0 Å². The molecule has 0 aliphatic carbocycles. The summed E-state index contributed by atoms with van der Waals surface area (Å²) in [6.45, 7) is 20.0. The molecule has 1 atom stereocenters. The number of thiophene rings is 1. The normalized spacial score (nSPS) is 11.8. The summed E-state index contributed by atoms with van der Waals surface area (Å²) in [5, 5.41) is 2.09. The van der Waals surface area contributed by atoms with E-state index in [9.17, 15) is 4.39 Å². The molecule has 0 fully saturated rings. The Labute approximate surface area is 180 Å². The van der Waals surface area contributed by atoms with E-state index in [0.29, 0.717) is 0 Å². The fourth-order valence-corrected chi connectivity index (χ4v) is 3.97. The third kappa shape index (κ3) is 6.54. The van der Waals surface area contributed by atoms with Gasteiger partial charge in [0.1, 0.15) is 5.82 Å². The second kappa shape index (κ2) is 11.5. The summed E-state index contributed by atoms with van der Waals surface area (Å²) < 4.78 is 13.5. The van der Waals surface area contributed by atoms with Crippen LogP contribution in [0.1, 0.15) is 52.0 Å². The molecule has 29 heavy (non-hydrogen) atoms. The average molecular weight is 409 g/mol. The molecule has 1 heterocycles. The fourth-order valence-electron chi connectivity index (χ4n) is 2.79. The lowest BCUT2D eigenvalue weighted by molar-refractivity contribution is 0.628. The highest BCUT2D eigenvalue weighted by molar-refractivity contribution is 7.10. The van der Waals surface area contributed by atoms with E-state index in [0.717, 1.165) is 16.7 Å². The number of allylic oxidation sites excluding steroid dienone is 2. The maximum absolute atomic E-state index is 13.5. The Hall–Kier alpha value is -2.45. The predicted octanol–water partition coefficient (Wildman–Crippen LogP) is 9.04. The van der Waals surface area contributed by atoms with E-state index in [2.05, 4.69) is 62.7 Å². The Morgan fingerprint density at radius 3 is 1.97 bits per heavy atom. The molecule has 2 heteroatoms. The highest BCUT2D eigenvalue weighted by Gasteiger charge is 2.31. The first-order valence-electron chi connectivity index (χ1n) is 9.93. The molecule has 3 aromatic rings. The number of hydrogen-bond donors (Lipinski definition) is 0. The SMILES string of the molecule is C=C(C)C.C=C(C)C(C)(c1ccccc1)c1cc(-c2cccc(F)c2)cs1.CC. The van der Waals surface area contributed by atoms with E-state index in [4.69, 9.17) is 0 Å². The van der Waals surface area contributed by atoms with Crippen LogP contribution in [-0.4, -0.2) is 0 Å². The molecule has 0 nitrogen and oxygen atoms in total. The van der Waals surface area contributed by atoms with Gasteiger partial charge in [-0.3, -0.25) is 0 Å². The van der Waals surface area contributed by atoms with Crippen molar-refractivity contribution < 1.29 is 4.39 Å². The number of rotatable bonds is 4. The monoisotopic (exact) mass is 408 g/mol. The van der Waals surface area contributed by atoms with Crippen LogP contribution in [0.3, 0.4) is 0 Å². The molecular weight excluding hydrogens is 375 g/mol. The second-order valence-corrected chi connectivity index (χ2v) is 8.10. The van der Waals surface area contributed by atoms with Crippen LogP contribution < -0.4 is 0 Å². The van der Waals surface area contributed by atoms with Crippen molar-refractivity contribution in [3.05, 3.63) is 107 Å². The zero-order chi connectivity index (χ0) is 22.0. The Kier molecular flexibility index (Phi) is 9.77. The van der Waals surface area contributed by atoms with Gasteiger partial charge in [0.25, 0.3) is 0 Å². The van der Waals surface area contributed by atoms with Crippen LogP contribution in [0.5, 0.6) is 0 Å². The van der Waals surface area contributed by atoms with E-state index >= 15 is 0 Å². The summed E-state index contributed by atoms with van der Waals surface area (Å²) in [7, 11) is 0. The predicted molar refractivity (Wildman–Crippen MR) is 129 cm³/mol. The van der Waals surface area contributed by atoms with E-state index < -0.39 is 0 Å². The molecule has 2 aromatic carbocycles. The van der Waals surface area contributed by atoms with Crippen LogP contribution in [0.25, 0.3) is 11.1 Å². The molecule has 0 bridgehead atoms. The van der Waals surface area contributed by atoms with Crippen LogP contribution in [0.15, 0.2) is 90.3 Å². The lowest BCUT2D eigenvalue weighted by Gasteiger charge is -2.30. The Bertz CT molecular complexity index is 916. The van der Waals surface area contributed by atoms with Crippen molar-refractivity contribution in [2.45, 2.75) is 47.0 Å². The molecule has 0 radical (unpaired) electrons. The van der Waals surface area contributed by atoms with Gasteiger partial charge in [-0.05, 0) is 68.0 Å². The molecule has 0 spiro atoms. The van der Waals surface area contributed by atoms with Crippen molar-refractivity contribution in [2.24, 2.45) is 0 Å². The van der Waals surface area contributed by atoms with E-state index in [1.54, 1.807) is 23.5 Å². The van der Waals surface area contributed by atoms with Crippen molar-refractivity contribution in [1.29, 1.82) is 0 Å². The Morgan fingerprint density at radius 2 is 1.45 bits per heavy atom. The largest absolute Gasteiger partial charge is 0.207 e. The number of halogens is 1. The third-order valence-corrected chi connectivity index (χ3v) is 5.61. The standard InChI is InChI=1S/C21H19FS.C4H8.C2H6/c1-15(2)21(3,18-9-5-4-6-10-18)20-13-17(14-23-20)16-8-7-11-19(22)12-16;1-4(2)3;1-2/h4-14H,1H2,2-3H3;1H2,2-3H3;1-2H3. The van der Waals surface area contributed by atoms with Crippen molar-refractivity contribution in [1.82, 2.24) is 0 Å². The van der Waals surface area contributed by atoms with E-state index in [1.807, 2.05) is 39.8 Å². The van der Waals surface area contributed by atoms with Crippen LogP contribution >= 0.6 is 11.3 Å². The van der Waals surface area contributed by atoms with Gasteiger partial charge in [0.15, 0.2) is 0 Å². The molecule has 154 valence electrons. The maximum Gasteiger partial charge on any atom is 0.123 e. The maximum atomic E-state index is 13.5. The fraction of sp³-hybridized carbons (Fsp3) is 0.259. The minimum Gasteiger partial charge on any atom is -0.207 e. The molecule has 0 saturated heterocycles. The van der Waals surface area contributed by atoms with Crippen LogP contribution in [-0.2, 0) is 5.41 Å². The minimum absolute atomic E-state index is 0.207. The van der Waals surface area contributed by atoms with Crippen molar-refractivity contribution in [3.8, 4) is 11.1 Å². The summed E-state index contributed by atoms with van der Waals surface area (Å²) in [5.74, 6) is -0.207. The summed E-state index contributed by atoms with van der Waals surface area (Å²) >= 11 is 1.70.